The number of nitrogens with one attached hydrogen (secondary N) is 1. The summed E-state index contributed by atoms with van der Waals surface area (Å²) in [6, 6.07) is 10.5. The monoisotopic (exact) mass is 579 g/mol. The van der Waals surface area contributed by atoms with Crippen molar-refractivity contribution in [3.05, 3.63) is 64.9 Å². The zero-order chi connectivity index (χ0) is 28.5. The number of methoxy groups -OCH3 is 1. The molecule has 7 nitrogen and oxygen atoms in total. The number of likely N-dealkylation sites (tertiary alicyclic amines) is 1. The van der Waals surface area contributed by atoms with Crippen molar-refractivity contribution >= 4 is 29.2 Å². The second-order valence-corrected chi connectivity index (χ2v) is 12.1. The van der Waals surface area contributed by atoms with Crippen LogP contribution in [-0.4, -0.2) is 73.2 Å². The third-order valence-electron chi connectivity index (χ3n) is 8.42. The molecular formula is C31H35F2N5O2S. The summed E-state index contributed by atoms with van der Waals surface area (Å²) >= 11 is 1.96. The number of rotatable bonds is 6. The second kappa shape index (κ2) is 12.0. The number of nitrogen functional groups attached to an aromatic ring is 1. The van der Waals surface area contributed by atoms with Gasteiger partial charge in [-0.3, -0.25) is 9.69 Å². The van der Waals surface area contributed by atoms with E-state index in [0.717, 1.165) is 68.2 Å². The Hall–Kier alpha value is -3.21. The number of hydrogen-bond donors (Lipinski definition) is 2. The van der Waals surface area contributed by atoms with Crippen molar-refractivity contribution in [2.75, 3.05) is 62.0 Å². The molecule has 2 fully saturated rings. The SMILES string of the molecule is COC1CCN(Cc2cc(-c3cc(-c4cc5c(cc4F)C(=O)NCC5)c(N)nc3F)ccc2N2CCSCC2)CC1. The summed E-state index contributed by atoms with van der Waals surface area (Å²) < 4.78 is 36.3. The quantitative estimate of drug-likeness (QED) is 0.409. The van der Waals surface area contributed by atoms with Crippen molar-refractivity contribution in [2.45, 2.75) is 31.9 Å². The standard InChI is InChI=1S/C31H35F2N5O2S/c1-40-22-5-8-37(9-6-22)18-21-14-19(2-3-28(21)38-10-12-41-13-11-38)23-16-26(30(34)36-29(23)33)25-15-20-4-7-35-31(39)24(20)17-27(25)32/h2-3,14-17,22H,4-13,18H2,1H3,(H2,34,36)(H,35,39). The topological polar surface area (TPSA) is 83.7 Å². The molecule has 0 aliphatic carbocycles. The first-order chi connectivity index (χ1) is 19.9. The van der Waals surface area contributed by atoms with Crippen LogP contribution in [0.25, 0.3) is 22.3 Å². The molecule has 0 saturated carbocycles. The number of anilines is 2. The summed E-state index contributed by atoms with van der Waals surface area (Å²) in [6.45, 7) is 5.06. The maximum absolute atomic E-state index is 15.4. The highest BCUT2D eigenvalue weighted by molar-refractivity contribution is 7.99. The minimum atomic E-state index is -0.696. The van der Waals surface area contributed by atoms with Crippen LogP contribution in [0, 0.1) is 11.8 Å². The smallest absolute Gasteiger partial charge is 0.251 e. The van der Waals surface area contributed by atoms with Gasteiger partial charge >= 0.3 is 0 Å². The summed E-state index contributed by atoms with van der Waals surface area (Å²) in [5.41, 5.74) is 11.0. The van der Waals surface area contributed by atoms with E-state index in [9.17, 15) is 4.79 Å². The number of hydrogen-bond acceptors (Lipinski definition) is 7. The molecule has 0 unspecified atom stereocenters. The maximum Gasteiger partial charge on any atom is 0.251 e. The van der Waals surface area contributed by atoms with Gasteiger partial charge in [0.15, 0.2) is 0 Å². The van der Waals surface area contributed by atoms with Crippen LogP contribution in [0.5, 0.6) is 0 Å². The number of benzene rings is 2. The Labute approximate surface area is 243 Å². The maximum atomic E-state index is 15.4. The molecule has 0 spiro atoms. The summed E-state index contributed by atoms with van der Waals surface area (Å²) in [5, 5.41) is 2.74. The van der Waals surface area contributed by atoms with Crippen molar-refractivity contribution in [1.29, 1.82) is 0 Å². The normalized spacial score (nSPS) is 18.3. The molecule has 4 heterocycles. The fourth-order valence-electron chi connectivity index (χ4n) is 6.11. The summed E-state index contributed by atoms with van der Waals surface area (Å²) in [6.07, 6.45) is 2.85. The van der Waals surface area contributed by atoms with Gasteiger partial charge in [-0.15, -0.1) is 0 Å². The highest BCUT2D eigenvalue weighted by atomic mass is 32.2. The van der Waals surface area contributed by atoms with Gasteiger partial charge < -0.3 is 20.7 Å². The first-order valence-corrected chi connectivity index (χ1v) is 15.3. The van der Waals surface area contributed by atoms with Gasteiger partial charge in [-0.2, -0.15) is 16.2 Å². The molecule has 2 saturated heterocycles. The lowest BCUT2D eigenvalue weighted by atomic mass is 9.93. The van der Waals surface area contributed by atoms with Gasteiger partial charge in [0.25, 0.3) is 5.91 Å². The minimum Gasteiger partial charge on any atom is -0.383 e. The van der Waals surface area contributed by atoms with Gasteiger partial charge in [-0.1, -0.05) is 6.07 Å². The van der Waals surface area contributed by atoms with Gasteiger partial charge in [0, 0.05) is 85.8 Å². The van der Waals surface area contributed by atoms with E-state index in [4.69, 9.17) is 10.5 Å². The molecule has 0 atom stereocenters. The number of ether oxygens (including phenoxy) is 1. The number of amides is 1. The Morgan fingerprint density at radius 1 is 1.02 bits per heavy atom. The molecule has 216 valence electrons. The number of thioether (sulfide) groups is 1. The molecule has 3 aliphatic rings. The lowest BCUT2D eigenvalue weighted by Gasteiger charge is -2.34. The summed E-state index contributed by atoms with van der Waals surface area (Å²) in [7, 11) is 1.77. The molecule has 0 radical (unpaired) electrons. The highest BCUT2D eigenvalue weighted by Gasteiger charge is 2.25. The van der Waals surface area contributed by atoms with E-state index in [0.29, 0.717) is 35.8 Å². The average molecular weight is 580 g/mol. The number of carbonyl (C=O) groups excluding carboxylic acids is 1. The Morgan fingerprint density at radius 2 is 1.80 bits per heavy atom. The van der Waals surface area contributed by atoms with Crippen molar-refractivity contribution in [3.63, 3.8) is 0 Å². The van der Waals surface area contributed by atoms with E-state index in [1.54, 1.807) is 19.2 Å². The van der Waals surface area contributed by atoms with E-state index in [2.05, 4.69) is 26.2 Å². The minimum absolute atomic E-state index is 0.0889. The summed E-state index contributed by atoms with van der Waals surface area (Å²) in [5.74, 6) is 0.481. The zero-order valence-electron chi connectivity index (χ0n) is 23.2. The fraction of sp³-hybridized carbons (Fsp3) is 0.419. The van der Waals surface area contributed by atoms with Gasteiger partial charge in [-0.05, 0) is 66.3 Å². The van der Waals surface area contributed by atoms with Crippen LogP contribution < -0.4 is 16.0 Å². The molecule has 1 aromatic heterocycles. The van der Waals surface area contributed by atoms with Crippen LogP contribution in [0.15, 0.2) is 36.4 Å². The molecule has 6 rings (SSSR count). The third kappa shape index (κ3) is 5.78. The summed E-state index contributed by atoms with van der Waals surface area (Å²) in [4.78, 5) is 21.0. The van der Waals surface area contributed by atoms with Crippen molar-refractivity contribution < 1.29 is 18.3 Å². The van der Waals surface area contributed by atoms with Crippen LogP contribution in [0.3, 0.4) is 0 Å². The lowest BCUT2D eigenvalue weighted by molar-refractivity contribution is 0.0389. The molecule has 0 bridgehead atoms. The largest absolute Gasteiger partial charge is 0.383 e. The predicted molar refractivity (Wildman–Crippen MR) is 160 cm³/mol. The van der Waals surface area contributed by atoms with Crippen LogP contribution >= 0.6 is 11.8 Å². The Bertz CT molecular complexity index is 1450. The van der Waals surface area contributed by atoms with Crippen molar-refractivity contribution in [2.24, 2.45) is 0 Å². The van der Waals surface area contributed by atoms with Crippen LogP contribution in [-0.2, 0) is 17.7 Å². The van der Waals surface area contributed by atoms with Gasteiger partial charge in [0.1, 0.15) is 11.6 Å². The first kappa shape index (κ1) is 27.9. The Balaban J connectivity index is 1.38. The third-order valence-corrected chi connectivity index (χ3v) is 9.36. The number of fused-ring (bicyclic) bond motifs is 1. The van der Waals surface area contributed by atoms with E-state index in [-0.39, 0.29) is 22.9 Å². The zero-order valence-corrected chi connectivity index (χ0v) is 24.0. The van der Waals surface area contributed by atoms with Gasteiger partial charge in [-0.25, -0.2) is 9.37 Å². The molecule has 41 heavy (non-hydrogen) atoms. The molecule has 1 amide bonds. The Kier molecular flexibility index (Phi) is 8.14. The van der Waals surface area contributed by atoms with E-state index in [1.807, 2.05) is 23.9 Å². The Morgan fingerprint density at radius 3 is 2.56 bits per heavy atom. The molecule has 3 N–H and O–H groups in total. The van der Waals surface area contributed by atoms with Crippen LogP contribution in [0.4, 0.5) is 20.3 Å². The van der Waals surface area contributed by atoms with Crippen LogP contribution in [0.2, 0.25) is 0 Å². The number of piperidine rings is 1. The number of aromatic nitrogens is 1. The van der Waals surface area contributed by atoms with E-state index < -0.39 is 11.8 Å². The van der Waals surface area contributed by atoms with Crippen molar-refractivity contribution in [1.82, 2.24) is 15.2 Å². The number of carbonyl (C=O) groups is 1. The number of halogens is 2. The predicted octanol–water partition coefficient (Wildman–Crippen LogP) is 4.73. The van der Waals surface area contributed by atoms with E-state index in [1.165, 1.54) is 11.8 Å². The average Bonchev–Trinajstić information content (AvgIpc) is 2.98. The van der Waals surface area contributed by atoms with Crippen molar-refractivity contribution in [3.8, 4) is 22.3 Å². The lowest BCUT2D eigenvalue weighted by Crippen LogP contribution is -2.37. The first-order valence-electron chi connectivity index (χ1n) is 14.2. The highest BCUT2D eigenvalue weighted by Crippen LogP contribution is 2.37. The number of nitrogens with zero attached hydrogens (tertiary/aromatic N) is 3. The molecule has 3 aromatic rings. The van der Waals surface area contributed by atoms with E-state index >= 15 is 8.78 Å². The van der Waals surface area contributed by atoms with Gasteiger partial charge in [0.2, 0.25) is 5.95 Å². The molecule has 2 aromatic carbocycles. The fourth-order valence-corrected chi connectivity index (χ4v) is 7.01. The number of pyridine rings is 1. The van der Waals surface area contributed by atoms with Gasteiger partial charge in [0.05, 0.1) is 6.10 Å². The molecule has 10 heteroatoms. The van der Waals surface area contributed by atoms with Crippen LogP contribution in [0.1, 0.15) is 34.3 Å². The number of nitrogens with two attached hydrogens (primary N) is 1. The second-order valence-electron chi connectivity index (χ2n) is 10.9. The molecular weight excluding hydrogens is 544 g/mol. The molecule has 3 aliphatic heterocycles.